The van der Waals surface area contributed by atoms with Crippen molar-refractivity contribution in [2.24, 2.45) is 0 Å². The lowest BCUT2D eigenvalue weighted by Crippen LogP contribution is -2.02. The third-order valence-electron chi connectivity index (χ3n) is 2.26. The summed E-state index contributed by atoms with van der Waals surface area (Å²) >= 11 is 5.98. The smallest absolute Gasteiger partial charge is 0.308 e. The van der Waals surface area contributed by atoms with E-state index in [4.69, 9.17) is 21.4 Å². The van der Waals surface area contributed by atoms with Gasteiger partial charge in [0.2, 0.25) is 0 Å². The van der Waals surface area contributed by atoms with E-state index in [2.05, 4.69) is 4.98 Å². The summed E-state index contributed by atoms with van der Waals surface area (Å²) in [5.41, 5.74) is 0.505. The number of benzene rings is 1. The number of para-hydroxylation sites is 1. The van der Waals surface area contributed by atoms with Crippen LogP contribution in [0.4, 0.5) is 0 Å². The summed E-state index contributed by atoms with van der Waals surface area (Å²) in [6.07, 6.45) is 2.87. The Balaban J connectivity index is 2.29. The molecule has 1 N–H and O–H groups in total. The topological polar surface area (TPSA) is 59.4 Å². The number of pyridine rings is 1. The Kier molecular flexibility index (Phi) is 3.79. The Hall–Kier alpha value is -2.07. The standard InChI is InChI=1S/C13H10ClNO3/c14-10-3-1-2-4-12(10)18-11-5-6-15-8-9(11)7-13(16)17/h1-6,8H,7H2,(H,16,17). The molecule has 4 nitrogen and oxygen atoms in total. The van der Waals surface area contributed by atoms with Gasteiger partial charge in [0.25, 0.3) is 0 Å². The number of carboxylic acid groups (broad SMARTS) is 1. The van der Waals surface area contributed by atoms with Crippen LogP contribution >= 0.6 is 11.6 Å². The van der Waals surface area contributed by atoms with Crippen LogP contribution in [-0.4, -0.2) is 16.1 Å². The first-order chi connectivity index (χ1) is 8.66. The Bertz CT molecular complexity index is 572. The maximum atomic E-state index is 10.7. The van der Waals surface area contributed by atoms with E-state index in [1.807, 2.05) is 0 Å². The van der Waals surface area contributed by atoms with E-state index in [1.165, 1.54) is 12.4 Å². The number of aliphatic carboxylic acids is 1. The first-order valence-electron chi connectivity index (χ1n) is 5.24. The molecule has 18 heavy (non-hydrogen) atoms. The van der Waals surface area contributed by atoms with Crippen LogP contribution in [0.5, 0.6) is 11.5 Å². The molecule has 0 amide bonds. The first kappa shape index (κ1) is 12.4. The summed E-state index contributed by atoms with van der Waals surface area (Å²) in [6, 6.07) is 8.61. The third-order valence-corrected chi connectivity index (χ3v) is 2.57. The molecule has 0 aliphatic heterocycles. The number of nitrogens with zero attached hydrogens (tertiary/aromatic N) is 1. The summed E-state index contributed by atoms with van der Waals surface area (Å²) < 4.78 is 5.61. The second kappa shape index (κ2) is 5.51. The van der Waals surface area contributed by atoms with Crippen molar-refractivity contribution in [1.82, 2.24) is 4.98 Å². The highest BCUT2D eigenvalue weighted by atomic mass is 35.5. The molecule has 0 saturated carbocycles. The summed E-state index contributed by atoms with van der Waals surface area (Å²) in [5, 5.41) is 9.27. The van der Waals surface area contributed by atoms with Crippen LogP contribution in [0.2, 0.25) is 5.02 Å². The van der Waals surface area contributed by atoms with Crippen molar-refractivity contribution >= 4 is 17.6 Å². The van der Waals surface area contributed by atoms with Crippen molar-refractivity contribution in [3.05, 3.63) is 53.3 Å². The second-order valence-electron chi connectivity index (χ2n) is 3.59. The van der Waals surface area contributed by atoms with Crippen LogP contribution in [-0.2, 0) is 11.2 Å². The normalized spacial score (nSPS) is 10.1. The van der Waals surface area contributed by atoms with Gasteiger partial charge in [-0.25, -0.2) is 0 Å². The van der Waals surface area contributed by atoms with Gasteiger partial charge in [0.1, 0.15) is 11.5 Å². The van der Waals surface area contributed by atoms with Crippen LogP contribution < -0.4 is 4.74 Å². The molecule has 0 atom stereocenters. The minimum atomic E-state index is -0.938. The molecule has 1 aromatic heterocycles. The molecule has 5 heteroatoms. The van der Waals surface area contributed by atoms with Gasteiger partial charge in [0.15, 0.2) is 0 Å². The molecular formula is C13H10ClNO3. The average Bonchev–Trinajstić information content (AvgIpc) is 2.34. The number of rotatable bonds is 4. The lowest BCUT2D eigenvalue weighted by atomic mass is 10.2. The van der Waals surface area contributed by atoms with Crippen LogP contribution in [0.3, 0.4) is 0 Å². The van der Waals surface area contributed by atoms with Crippen LogP contribution in [0.25, 0.3) is 0 Å². The van der Waals surface area contributed by atoms with E-state index in [1.54, 1.807) is 30.3 Å². The molecule has 1 heterocycles. The number of halogens is 1. The molecule has 0 aliphatic carbocycles. The van der Waals surface area contributed by atoms with Crippen molar-refractivity contribution in [2.45, 2.75) is 6.42 Å². The third kappa shape index (κ3) is 2.99. The van der Waals surface area contributed by atoms with Crippen LogP contribution in [0, 0.1) is 0 Å². The van der Waals surface area contributed by atoms with E-state index in [-0.39, 0.29) is 6.42 Å². The largest absolute Gasteiger partial charge is 0.481 e. The van der Waals surface area contributed by atoms with Gasteiger partial charge in [-0.2, -0.15) is 0 Å². The zero-order valence-corrected chi connectivity index (χ0v) is 10.1. The van der Waals surface area contributed by atoms with Crippen LogP contribution in [0.1, 0.15) is 5.56 Å². The number of hydrogen-bond donors (Lipinski definition) is 1. The van der Waals surface area contributed by atoms with Crippen molar-refractivity contribution in [2.75, 3.05) is 0 Å². The molecule has 0 unspecified atom stereocenters. The van der Waals surface area contributed by atoms with E-state index >= 15 is 0 Å². The highest BCUT2D eigenvalue weighted by molar-refractivity contribution is 6.32. The fourth-order valence-electron chi connectivity index (χ4n) is 1.46. The van der Waals surface area contributed by atoms with Gasteiger partial charge in [-0.1, -0.05) is 23.7 Å². The van der Waals surface area contributed by atoms with Gasteiger partial charge in [-0.15, -0.1) is 0 Å². The quantitative estimate of drug-likeness (QED) is 0.920. The van der Waals surface area contributed by atoms with E-state index < -0.39 is 5.97 Å². The molecular weight excluding hydrogens is 254 g/mol. The fourth-order valence-corrected chi connectivity index (χ4v) is 1.63. The highest BCUT2D eigenvalue weighted by Gasteiger charge is 2.10. The Morgan fingerprint density at radius 3 is 2.78 bits per heavy atom. The zero-order valence-electron chi connectivity index (χ0n) is 9.34. The highest BCUT2D eigenvalue weighted by Crippen LogP contribution is 2.30. The zero-order chi connectivity index (χ0) is 13.0. The molecule has 0 aliphatic rings. The number of hydrogen-bond acceptors (Lipinski definition) is 3. The van der Waals surface area contributed by atoms with E-state index in [0.717, 1.165) is 0 Å². The van der Waals surface area contributed by atoms with Crippen molar-refractivity contribution in [3.8, 4) is 11.5 Å². The monoisotopic (exact) mass is 263 g/mol. The summed E-state index contributed by atoms with van der Waals surface area (Å²) in [5.74, 6) is -0.00971. The molecule has 2 rings (SSSR count). The van der Waals surface area contributed by atoms with Gasteiger partial charge < -0.3 is 9.84 Å². The van der Waals surface area contributed by atoms with Crippen molar-refractivity contribution in [1.29, 1.82) is 0 Å². The summed E-state index contributed by atoms with van der Waals surface area (Å²) in [4.78, 5) is 14.6. The van der Waals surface area contributed by atoms with Crippen molar-refractivity contribution < 1.29 is 14.6 Å². The molecule has 0 fully saturated rings. The predicted molar refractivity (Wildman–Crippen MR) is 67.1 cm³/mol. The molecule has 1 aromatic carbocycles. The minimum absolute atomic E-state index is 0.145. The van der Waals surface area contributed by atoms with E-state index in [0.29, 0.717) is 22.1 Å². The molecule has 0 spiro atoms. The lowest BCUT2D eigenvalue weighted by molar-refractivity contribution is -0.136. The maximum Gasteiger partial charge on any atom is 0.308 e. The van der Waals surface area contributed by atoms with Crippen molar-refractivity contribution in [3.63, 3.8) is 0 Å². The number of ether oxygens (including phenoxy) is 1. The first-order valence-corrected chi connectivity index (χ1v) is 5.61. The Labute approximate surface area is 109 Å². The fraction of sp³-hybridized carbons (Fsp3) is 0.0769. The minimum Gasteiger partial charge on any atom is -0.481 e. The Morgan fingerprint density at radius 1 is 1.28 bits per heavy atom. The number of carbonyl (C=O) groups is 1. The summed E-state index contributed by atoms with van der Waals surface area (Å²) in [6.45, 7) is 0. The predicted octanol–water partition coefficient (Wildman–Crippen LogP) is 3.15. The molecule has 0 radical (unpaired) electrons. The Morgan fingerprint density at radius 2 is 2.06 bits per heavy atom. The van der Waals surface area contributed by atoms with Gasteiger partial charge in [-0.3, -0.25) is 9.78 Å². The van der Waals surface area contributed by atoms with Gasteiger partial charge in [0.05, 0.1) is 11.4 Å². The molecule has 92 valence electrons. The summed E-state index contributed by atoms with van der Waals surface area (Å²) in [7, 11) is 0. The molecule has 0 saturated heterocycles. The van der Waals surface area contributed by atoms with Crippen LogP contribution in [0.15, 0.2) is 42.7 Å². The molecule has 0 bridgehead atoms. The number of carboxylic acids is 1. The average molecular weight is 264 g/mol. The second-order valence-corrected chi connectivity index (χ2v) is 3.99. The van der Waals surface area contributed by atoms with Gasteiger partial charge >= 0.3 is 5.97 Å². The van der Waals surface area contributed by atoms with Gasteiger partial charge in [-0.05, 0) is 18.2 Å². The molecule has 2 aromatic rings. The maximum absolute atomic E-state index is 10.7. The lowest BCUT2D eigenvalue weighted by Gasteiger charge is -2.10. The number of aromatic nitrogens is 1. The SMILES string of the molecule is O=C(O)Cc1cnccc1Oc1ccccc1Cl. The van der Waals surface area contributed by atoms with E-state index in [9.17, 15) is 4.79 Å². The van der Waals surface area contributed by atoms with Gasteiger partial charge in [0, 0.05) is 18.0 Å².